The highest BCUT2D eigenvalue weighted by atomic mass is 31.2. The van der Waals surface area contributed by atoms with Gasteiger partial charge >= 0.3 is 0 Å². The van der Waals surface area contributed by atoms with Gasteiger partial charge in [0, 0.05) is 11.5 Å². The average Bonchev–Trinajstić information content (AvgIpc) is 2.85. The maximum atomic E-state index is 14.0. The summed E-state index contributed by atoms with van der Waals surface area (Å²) in [5, 5.41) is 29.6. The molecule has 0 spiro atoms. The lowest BCUT2D eigenvalue weighted by atomic mass is 10.0. The summed E-state index contributed by atoms with van der Waals surface area (Å²) >= 11 is 0. The number of phenolic OH excluding ortho intramolecular Hbond substituents is 1. The smallest absolute Gasteiger partial charge is 0.127 e. The van der Waals surface area contributed by atoms with Crippen molar-refractivity contribution in [1.29, 1.82) is 0 Å². The Kier molecular flexibility index (Phi) is 5.42. The van der Waals surface area contributed by atoms with Gasteiger partial charge in [-0.1, -0.05) is 72.8 Å². The molecule has 0 heterocycles. The Morgan fingerprint density at radius 1 is 0.677 bits per heavy atom. The number of hydrogen-bond acceptors (Lipinski definition) is 2. The van der Waals surface area contributed by atoms with Crippen LogP contribution in [-0.4, -0.2) is 10.8 Å². The maximum Gasteiger partial charge on any atom is 0.127 e. The second kappa shape index (κ2) is 8.36. The van der Waals surface area contributed by atoms with Crippen LogP contribution in [0.2, 0.25) is 0 Å². The van der Waals surface area contributed by atoms with Crippen molar-refractivity contribution in [1.82, 2.24) is 0 Å². The summed E-state index contributed by atoms with van der Waals surface area (Å²) in [5.41, 5.74) is 0.402. The molecule has 31 heavy (non-hydrogen) atoms. The van der Waals surface area contributed by atoms with Crippen LogP contribution in [0.25, 0.3) is 10.8 Å². The standard InChI is InChI=1S/C28H27O2P/c29-26-20-27(28(30)25-19-11-10-18-24(25)26)31(21-12-4-1-5-13-21,22-14-6-2-7-15-22)23-16-8-3-9-17-23/h1-2,4-7,10-15,18-20,23H,3,8-9,16-17H2,(H-,29,30). The molecule has 1 aliphatic carbocycles. The molecule has 0 aromatic heterocycles. The maximum absolute atomic E-state index is 14.0. The highest BCUT2D eigenvalue weighted by Crippen LogP contribution is 2.65. The molecule has 3 heteroatoms. The van der Waals surface area contributed by atoms with Crippen molar-refractivity contribution >= 4 is 33.9 Å². The lowest BCUT2D eigenvalue weighted by molar-refractivity contribution is -0.264. The van der Waals surface area contributed by atoms with Gasteiger partial charge in [-0.15, -0.1) is 0 Å². The fraction of sp³-hybridized carbons (Fsp3) is 0.214. The second-order valence-corrected chi connectivity index (χ2v) is 12.2. The molecule has 0 aliphatic heterocycles. The van der Waals surface area contributed by atoms with E-state index in [0.29, 0.717) is 16.4 Å². The molecule has 156 valence electrons. The van der Waals surface area contributed by atoms with E-state index in [-0.39, 0.29) is 11.5 Å². The number of rotatable bonds is 4. The SMILES string of the molecule is [O-]c1c([P+](c2ccccc2)(c2ccccc2)C2CCCCC2)cc(O)c2ccccc12. The van der Waals surface area contributed by atoms with Crippen molar-refractivity contribution in [3.63, 3.8) is 0 Å². The van der Waals surface area contributed by atoms with Crippen molar-refractivity contribution in [3.8, 4) is 11.5 Å². The fourth-order valence-corrected chi connectivity index (χ4v) is 10.7. The van der Waals surface area contributed by atoms with Crippen molar-refractivity contribution in [2.75, 3.05) is 0 Å². The Labute approximate surface area is 184 Å². The van der Waals surface area contributed by atoms with Gasteiger partial charge in [-0.2, -0.15) is 0 Å². The van der Waals surface area contributed by atoms with Gasteiger partial charge < -0.3 is 10.2 Å². The quantitative estimate of drug-likeness (QED) is 0.453. The first kappa shape index (κ1) is 20.1. The first-order valence-corrected chi connectivity index (χ1v) is 13.0. The molecule has 4 aromatic rings. The van der Waals surface area contributed by atoms with Crippen LogP contribution in [0, 0.1) is 0 Å². The van der Waals surface area contributed by atoms with Gasteiger partial charge in [0.25, 0.3) is 0 Å². The Hall–Kier alpha value is -2.83. The molecule has 1 aliphatic rings. The lowest BCUT2D eigenvalue weighted by Gasteiger charge is -2.39. The highest BCUT2D eigenvalue weighted by molar-refractivity contribution is 7.96. The average molecular weight is 426 g/mol. The summed E-state index contributed by atoms with van der Waals surface area (Å²) in [6, 6.07) is 30.5. The van der Waals surface area contributed by atoms with E-state index in [1.807, 2.05) is 36.4 Å². The summed E-state index contributed by atoms with van der Waals surface area (Å²) in [4.78, 5) is 0. The summed E-state index contributed by atoms with van der Waals surface area (Å²) in [7, 11) is -2.27. The van der Waals surface area contributed by atoms with Crippen LogP contribution in [0.4, 0.5) is 0 Å². The van der Waals surface area contributed by atoms with Crippen LogP contribution in [0.15, 0.2) is 91.0 Å². The Morgan fingerprint density at radius 2 is 1.19 bits per heavy atom. The molecule has 1 fully saturated rings. The topological polar surface area (TPSA) is 43.3 Å². The molecule has 4 aromatic carbocycles. The summed E-state index contributed by atoms with van der Waals surface area (Å²) in [5.74, 6) is 0.275. The molecule has 5 rings (SSSR count). The molecule has 1 saturated carbocycles. The number of fused-ring (bicyclic) bond motifs is 1. The zero-order valence-corrected chi connectivity index (χ0v) is 18.5. The first-order chi connectivity index (χ1) is 15.2. The molecular formula is C28H27O2P. The van der Waals surface area contributed by atoms with E-state index in [1.54, 1.807) is 6.07 Å². The number of phenols is 1. The van der Waals surface area contributed by atoms with E-state index in [0.717, 1.165) is 18.1 Å². The minimum absolute atomic E-state index is 0.0695. The monoisotopic (exact) mass is 426 g/mol. The van der Waals surface area contributed by atoms with Gasteiger partial charge in [-0.05, 0) is 55.3 Å². The summed E-state index contributed by atoms with van der Waals surface area (Å²) in [6.07, 6.45) is 5.88. The zero-order chi connectivity index (χ0) is 21.3. The van der Waals surface area contributed by atoms with E-state index in [1.165, 1.54) is 29.9 Å². The van der Waals surface area contributed by atoms with Crippen LogP contribution < -0.4 is 21.0 Å². The molecule has 0 bridgehead atoms. The highest BCUT2D eigenvalue weighted by Gasteiger charge is 2.52. The third-order valence-corrected chi connectivity index (χ3v) is 11.7. The van der Waals surface area contributed by atoms with Gasteiger partial charge in [0.15, 0.2) is 0 Å². The van der Waals surface area contributed by atoms with E-state index in [2.05, 4.69) is 48.5 Å². The van der Waals surface area contributed by atoms with Crippen LogP contribution in [0.3, 0.4) is 0 Å². The Bertz CT molecular complexity index is 1140. The normalized spacial score (nSPS) is 15.2. The van der Waals surface area contributed by atoms with Crippen molar-refractivity contribution in [2.24, 2.45) is 0 Å². The summed E-state index contributed by atoms with van der Waals surface area (Å²) < 4.78 is 0. The van der Waals surface area contributed by atoms with Gasteiger partial charge in [0.05, 0.1) is 5.66 Å². The molecule has 0 radical (unpaired) electrons. The van der Waals surface area contributed by atoms with Crippen LogP contribution in [0.1, 0.15) is 32.1 Å². The van der Waals surface area contributed by atoms with Gasteiger partial charge in [-0.3, -0.25) is 0 Å². The molecular weight excluding hydrogens is 399 g/mol. The largest absolute Gasteiger partial charge is 0.869 e. The van der Waals surface area contributed by atoms with Gasteiger partial charge in [0.1, 0.15) is 28.9 Å². The van der Waals surface area contributed by atoms with E-state index in [4.69, 9.17) is 0 Å². The van der Waals surface area contributed by atoms with E-state index in [9.17, 15) is 10.2 Å². The van der Waals surface area contributed by atoms with E-state index >= 15 is 0 Å². The molecule has 0 saturated heterocycles. The third-order valence-electron chi connectivity index (χ3n) is 6.78. The number of aromatic hydroxyl groups is 1. The minimum Gasteiger partial charge on any atom is -0.869 e. The Morgan fingerprint density at radius 3 is 1.77 bits per heavy atom. The van der Waals surface area contributed by atoms with Crippen molar-refractivity contribution < 1.29 is 10.2 Å². The van der Waals surface area contributed by atoms with Gasteiger partial charge in [0.2, 0.25) is 0 Å². The molecule has 0 unspecified atom stereocenters. The van der Waals surface area contributed by atoms with E-state index < -0.39 is 7.26 Å². The van der Waals surface area contributed by atoms with Crippen LogP contribution in [-0.2, 0) is 0 Å². The minimum atomic E-state index is -2.27. The Balaban J connectivity index is 1.91. The first-order valence-electron chi connectivity index (χ1n) is 11.1. The lowest BCUT2D eigenvalue weighted by Crippen LogP contribution is -2.40. The molecule has 0 amide bonds. The summed E-state index contributed by atoms with van der Waals surface area (Å²) in [6.45, 7) is 0. The fourth-order valence-electron chi connectivity index (χ4n) is 5.42. The molecule has 0 atom stereocenters. The number of benzene rings is 4. The van der Waals surface area contributed by atoms with Crippen molar-refractivity contribution in [2.45, 2.75) is 37.8 Å². The predicted octanol–water partition coefficient (Wildman–Crippen LogP) is 5.25. The second-order valence-electron chi connectivity index (χ2n) is 8.48. The predicted molar refractivity (Wildman–Crippen MR) is 131 cm³/mol. The molecule has 2 nitrogen and oxygen atoms in total. The van der Waals surface area contributed by atoms with Gasteiger partial charge in [-0.25, -0.2) is 0 Å². The van der Waals surface area contributed by atoms with Crippen LogP contribution in [0.5, 0.6) is 11.5 Å². The van der Waals surface area contributed by atoms with Crippen LogP contribution >= 0.6 is 7.26 Å². The zero-order valence-electron chi connectivity index (χ0n) is 17.6. The molecule has 1 N–H and O–H groups in total. The van der Waals surface area contributed by atoms with Crippen molar-refractivity contribution in [3.05, 3.63) is 91.0 Å². The number of hydrogen-bond donors (Lipinski definition) is 1. The third kappa shape index (κ3) is 3.30.